The lowest BCUT2D eigenvalue weighted by Crippen LogP contribution is -2.35. The van der Waals surface area contributed by atoms with Gasteiger partial charge in [0.1, 0.15) is 5.75 Å². The van der Waals surface area contributed by atoms with E-state index < -0.39 is 0 Å². The Labute approximate surface area is 113 Å². The van der Waals surface area contributed by atoms with Gasteiger partial charge in [-0.25, -0.2) is 0 Å². The lowest BCUT2D eigenvalue weighted by atomic mass is 9.96. The fourth-order valence-electron chi connectivity index (χ4n) is 1.88. The van der Waals surface area contributed by atoms with E-state index in [2.05, 4.69) is 54.2 Å². The Kier molecular flexibility index (Phi) is 6.00. The zero-order valence-electron chi connectivity index (χ0n) is 11.1. The Balaban J connectivity index is 2.84. The molecule has 2 nitrogen and oxygen atoms in total. The van der Waals surface area contributed by atoms with Crippen LogP contribution in [-0.2, 0) is 6.42 Å². The summed E-state index contributed by atoms with van der Waals surface area (Å²) in [6.45, 7) is 7.66. The minimum atomic E-state index is 0.503. The van der Waals surface area contributed by atoms with Gasteiger partial charge in [-0.2, -0.15) is 0 Å². The number of hydrogen-bond donors (Lipinski definition) is 1. The molecule has 17 heavy (non-hydrogen) atoms. The highest BCUT2D eigenvalue weighted by molar-refractivity contribution is 9.10. The van der Waals surface area contributed by atoms with Crippen LogP contribution in [0.2, 0.25) is 0 Å². The predicted octanol–water partition coefficient (Wildman–Crippen LogP) is 3.63. The van der Waals surface area contributed by atoms with E-state index in [-0.39, 0.29) is 0 Å². The maximum Gasteiger partial charge on any atom is 0.119 e. The van der Waals surface area contributed by atoms with E-state index in [0.29, 0.717) is 12.0 Å². The lowest BCUT2D eigenvalue weighted by molar-refractivity contribution is 0.400. The van der Waals surface area contributed by atoms with Gasteiger partial charge in [0.15, 0.2) is 0 Å². The molecule has 1 aromatic carbocycles. The molecule has 0 aliphatic carbocycles. The smallest absolute Gasteiger partial charge is 0.119 e. The number of ether oxygens (including phenoxy) is 1. The Morgan fingerprint density at radius 3 is 2.59 bits per heavy atom. The van der Waals surface area contributed by atoms with Crippen molar-refractivity contribution in [2.24, 2.45) is 5.92 Å². The van der Waals surface area contributed by atoms with Crippen LogP contribution in [0.1, 0.15) is 26.3 Å². The van der Waals surface area contributed by atoms with Crippen LogP contribution in [0.4, 0.5) is 0 Å². The van der Waals surface area contributed by atoms with Gasteiger partial charge in [-0.15, -0.1) is 0 Å². The summed E-state index contributed by atoms with van der Waals surface area (Å²) in [5.74, 6) is 1.54. The van der Waals surface area contributed by atoms with E-state index in [4.69, 9.17) is 4.74 Å². The normalized spacial score (nSPS) is 12.8. The minimum absolute atomic E-state index is 0.503. The Bertz CT molecular complexity index is 352. The number of nitrogens with one attached hydrogen (secondary N) is 1. The summed E-state index contributed by atoms with van der Waals surface area (Å²) in [6.07, 6.45) is 1.02. The SMILES string of the molecule is CCNC(Cc1cc(OC)ccc1Br)C(C)C. The molecule has 0 fully saturated rings. The summed E-state index contributed by atoms with van der Waals surface area (Å²) in [5, 5.41) is 3.53. The van der Waals surface area contributed by atoms with Gasteiger partial charge in [-0.05, 0) is 42.6 Å². The van der Waals surface area contributed by atoms with Crippen molar-refractivity contribution in [1.82, 2.24) is 5.32 Å². The fourth-order valence-corrected chi connectivity index (χ4v) is 2.29. The molecule has 0 saturated carbocycles. The first kappa shape index (κ1) is 14.5. The molecule has 1 aromatic rings. The van der Waals surface area contributed by atoms with Crippen LogP contribution in [0.25, 0.3) is 0 Å². The van der Waals surface area contributed by atoms with Crippen molar-refractivity contribution in [3.8, 4) is 5.75 Å². The largest absolute Gasteiger partial charge is 0.497 e. The van der Waals surface area contributed by atoms with Crippen molar-refractivity contribution in [1.29, 1.82) is 0 Å². The molecule has 1 N–H and O–H groups in total. The van der Waals surface area contributed by atoms with Crippen molar-refractivity contribution >= 4 is 15.9 Å². The molecule has 3 heteroatoms. The van der Waals surface area contributed by atoms with Crippen LogP contribution in [0, 0.1) is 5.92 Å². The predicted molar refractivity (Wildman–Crippen MR) is 76.7 cm³/mol. The molecular weight excluding hydrogens is 278 g/mol. The number of rotatable bonds is 6. The van der Waals surface area contributed by atoms with Crippen molar-refractivity contribution < 1.29 is 4.74 Å². The van der Waals surface area contributed by atoms with Gasteiger partial charge in [-0.3, -0.25) is 0 Å². The average Bonchev–Trinajstić information content (AvgIpc) is 2.31. The van der Waals surface area contributed by atoms with Crippen LogP contribution in [-0.4, -0.2) is 19.7 Å². The Hall–Kier alpha value is -0.540. The van der Waals surface area contributed by atoms with Gasteiger partial charge < -0.3 is 10.1 Å². The molecule has 0 amide bonds. The summed E-state index contributed by atoms with van der Waals surface area (Å²) in [5.41, 5.74) is 1.30. The monoisotopic (exact) mass is 299 g/mol. The third kappa shape index (κ3) is 4.32. The van der Waals surface area contributed by atoms with Crippen LogP contribution < -0.4 is 10.1 Å². The van der Waals surface area contributed by atoms with Gasteiger partial charge in [0, 0.05) is 10.5 Å². The zero-order valence-corrected chi connectivity index (χ0v) is 12.7. The molecule has 0 radical (unpaired) electrons. The van der Waals surface area contributed by atoms with Crippen molar-refractivity contribution in [3.05, 3.63) is 28.2 Å². The first-order valence-electron chi connectivity index (χ1n) is 6.14. The number of methoxy groups -OCH3 is 1. The summed E-state index contributed by atoms with van der Waals surface area (Å²) < 4.78 is 6.43. The highest BCUT2D eigenvalue weighted by atomic mass is 79.9. The van der Waals surface area contributed by atoms with E-state index in [0.717, 1.165) is 23.2 Å². The van der Waals surface area contributed by atoms with Crippen molar-refractivity contribution in [2.75, 3.05) is 13.7 Å². The second kappa shape index (κ2) is 7.02. The summed E-state index contributed by atoms with van der Waals surface area (Å²) >= 11 is 3.61. The third-order valence-electron chi connectivity index (χ3n) is 2.96. The van der Waals surface area contributed by atoms with Gasteiger partial charge in [0.05, 0.1) is 7.11 Å². The number of halogens is 1. The first-order chi connectivity index (χ1) is 8.08. The Morgan fingerprint density at radius 1 is 1.35 bits per heavy atom. The molecule has 1 rings (SSSR count). The van der Waals surface area contributed by atoms with Gasteiger partial charge in [0.2, 0.25) is 0 Å². The van der Waals surface area contributed by atoms with Gasteiger partial charge >= 0.3 is 0 Å². The molecular formula is C14H22BrNO. The molecule has 1 atom stereocenters. The maximum absolute atomic E-state index is 5.27. The van der Waals surface area contributed by atoms with E-state index >= 15 is 0 Å². The quantitative estimate of drug-likeness (QED) is 0.866. The van der Waals surface area contributed by atoms with Crippen LogP contribution in [0.5, 0.6) is 5.75 Å². The third-order valence-corrected chi connectivity index (χ3v) is 3.74. The van der Waals surface area contributed by atoms with E-state index in [1.54, 1.807) is 7.11 Å². The zero-order chi connectivity index (χ0) is 12.8. The topological polar surface area (TPSA) is 21.3 Å². The van der Waals surface area contributed by atoms with Gasteiger partial charge in [0.25, 0.3) is 0 Å². The lowest BCUT2D eigenvalue weighted by Gasteiger charge is -2.22. The number of benzene rings is 1. The molecule has 0 aromatic heterocycles. The molecule has 0 spiro atoms. The fraction of sp³-hybridized carbons (Fsp3) is 0.571. The summed E-state index contributed by atoms with van der Waals surface area (Å²) in [7, 11) is 1.71. The molecule has 96 valence electrons. The molecule has 0 saturated heterocycles. The second-order valence-corrected chi connectivity index (χ2v) is 5.42. The van der Waals surface area contributed by atoms with E-state index in [9.17, 15) is 0 Å². The van der Waals surface area contributed by atoms with Crippen molar-refractivity contribution in [2.45, 2.75) is 33.2 Å². The van der Waals surface area contributed by atoms with E-state index in [1.165, 1.54) is 5.56 Å². The summed E-state index contributed by atoms with van der Waals surface area (Å²) in [6, 6.07) is 6.64. The van der Waals surface area contributed by atoms with Crippen LogP contribution in [0.3, 0.4) is 0 Å². The minimum Gasteiger partial charge on any atom is -0.497 e. The molecule has 0 bridgehead atoms. The molecule has 0 aliphatic rings. The standard InChI is InChI=1S/C14H22BrNO/c1-5-16-14(10(2)3)9-11-8-12(17-4)6-7-13(11)15/h6-8,10,14,16H,5,9H2,1-4H3. The van der Waals surface area contributed by atoms with Crippen molar-refractivity contribution in [3.63, 3.8) is 0 Å². The number of likely N-dealkylation sites (N-methyl/N-ethyl adjacent to an activating group) is 1. The number of hydrogen-bond acceptors (Lipinski definition) is 2. The first-order valence-corrected chi connectivity index (χ1v) is 6.93. The summed E-state index contributed by atoms with van der Waals surface area (Å²) in [4.78, 5) is 0. The van der Waals surface area contributed by atoms with Crippen LogP contribution >= 0.6 is 15.9 Å². The molecule has 1 unspecified atom stereocenters. The second-order valence-electron chi connectivity index (χ2n) is 4.57. The molecule has 0 aliphatic heterocycles. The highest BCUT2D eigenvalue weighted by Gasteiger charge is 2.14. The van der Waals surface area contributed by atoms with Crippen LogP contribution in [0.15, 0.2) is 22.7 Å². The van der Waals surface area contributed by atoms with E-state index in [1.807, 2.05) is 6.07 Å². The average molecular weight is 300 g/mol. The molecule has 0 heterocycles. The maximum atomic E-state index is 5.27. The van der Waals surface area contributed by atoms with Gasteiger partial charge in [-0.1, -0.05) is 36.7 Å². The highest BCUT2D eigenvalue weighted by Crippen LogP contribution is 2.24. The Morgan fingerprint density at radius 2 is 2.06 bits per heavy atom.